The SMILES string of the molecule is CC(O)CC(C)(C)CNC(=O)c1ccc(COc2ccc(F)cc2)o1. The molecule has 0 fully saturated rings. The Labute approximate surface area is 146 Å². The molecule has 0 saturated carbocycles. The van der Waals surface area contributed by atoms with Crippen LogP contribution >= 0.6 is 0 Å². The quantitative estimate of drug-likeness (QED) is 0.765. The monoisotopic (exact) mass is 349 g/mol. The van der Waals surface area contributed by atoms with E-state index >= 15 is 0 Å². The number of benzene rings is 1. The lowest BCUT2D eigenvalue weighted by atomic mass is 9.87. The van der Waals surface area contributed by atoms with E-state index in [1.165, 1.54) is 24.3 Å². The van der Waals surface area contributed by atoms with Gasteiger partial charge in [-0.3, -0.25) is 4.79 Å². The Kier molecular flexibility index (Phi) is 6.20. The first-order chi connectivity index (χ1) is 11.7. The molecule has 1 aromatic heterocycles. The van der Waals surface area contributed by atoms with E-state index in [4.69, 9.17) is 9.15 Å². The molecule has 0 saturated heterocycles. The predicted octanol–water partition coefficient (Wildman–Crippen LogP) is 3.52. The molecule has 0 bridgehead atoms. The zero-order chi connectivity index (χ0) is 18.4. The summed E-state index contributed by atoms with van der Waals surface area (Å²) in [4.78, 5) is 12.2. The summed E-state index contributed by atoms with van der Waals surface area (Å²) in [6.07, 6.45) is 0.160. The second-order valence-corrected chi connectivity index (χ2v) is 6.91. The molecule has 0 aliphatic heterocycles. The van der Waals surface area contributed by atoms with Crippen LogP contribution in [0, 0.1) is 11.2 Å². The fourth-order valence-corrected chi connectivity index (χ4v) is 2.54. The number of carbonyl (C=O) groups excluding carboxylic acids is 1. The first-order valence-electron chi connectivity index (χ1n) is 8.18. The Bertz CT molecular complexity index is 692. The minimum absolute atomic E-state index is 0.145. The first-order valence-corrected chi connectivity index (χ1v) is 8.18. The maximum Gasteiger partial charge on any atom is 0.287 e. The molecule has 0 radical (unpaired) electrons. The van der Waals surface area contributed by atoms with Crippen molar-refractivity contribution in [3.8, 4) is 5.75 Å². The summed E-state index contributed by atoms with van der Waals surface area (Å²) < 4.78 is 23.8. The number of halogens is 1. The van der Waals surface area contributed by atoms with Crippen LogP contribution in [0.5, 0.6) is 5.75 Å². The van der Waals surface area contributed by atoms with Crippen LogP contribution in [0.15, 0.2) is 40.8 Å². The summed E-state index contributed by atoms with van der Waals surface area (Å²) in [7, 11) is 0. The summed E-state index contributed by atoms with van der Waals surface area (Å²) in [5.41, 5.74) is -0.217. The van der Waals surface area contributed by atoms with Gasteiger partial charge in [0.05, 0.1) is 6.10 Å². The highest BCUT2D eigenvalue weighted by Crippen LogP contribution is 2.21. The molecule has 6 heteroatoms. The van der Waals surface area contributed by atoms with E-state index in [0.717, 1.165) is 0 Å². The van der Waals surface area contributed by atoms with Crippen LogP contribution in [0.4, 0.5) is 4.39 Å². The molecular formula is C19H24FNO4. The van der Waals surface area contributed by atoms with Crippen molar-refractivity contribution in [2.45, 2.75) is 39.9 Å². The van der Waals surface area contributed by atoms with Gasteiger partial charge in [-0.05, 0) is 55.2 Å². The summed E-state index contributed by atoms with van der Waals surface area (Å²) in [5, 5.41) is 12.3. The van der Waals surface area contributed by atoms with Crippen molar-refractivity contribution in [1.82, 2.24) is 5.32 Å². The van der Waals surface area contributed by atoms with Crippen LogP contribution in [0.2, 0.25) is 0 Å². The zero-order valence-electron chi connectivity index (χ0n) is 14.7. The maximum atomic E-state index is 12.8. The average molecular weight is 349 g/mol. The van der Waals surface area contributed by atoms with Crippen molar-refractivity contribution in [2.75, 3.05) is 6.54 Å². The number of nitrogens with one attached hydrogen (secondary N) is 1. The van der Waals surface area contributed by atoms with E-state index in [-0.39, 0.29) is 29.5 Å². The Morgan fingerprint density at radius 3 is 2.60 bits per heavy atom. The molecule has 5 nitrogen and oxygen atoms in total. The zero-order valence-corrected chi connectivity index (χ0v) is 14.7. The molecule has 1 unspecified atom stereocenters. The Balaban J connectivity index is 1.85. The van der Waals surface area contributed by atoms with E-state index in [9.17, 15) is 14.3 Å². The van der Waals surface area contributed by atoms with Gasteiger partial charge in [0, 0.05) is 6.54 Å². The minimum atomic E-state index is -0.425. The van der Waals surface area contributed by atoms with Crippen LogP contribution in [0.3, 0.4) is 0 Å². The van der Waals surface area contributed by atoms with E-state index in [2.05, 4.69) is 5.32 Å². The highest BCUT2D eigenvalue weighted by molar-refractivity contribution is 5.91. The normalized spacial score (nSPS) is 12.7. The van der Waals surface area contributed by atoms with Crippen molar-refractivity contribution in [2.24, 2.45) is 5.41 Å². The van der Waals surface area contributed by atoms with Crippen LogP contribution < -0.4 is 10.1 Å². The molecule has 0 spiro atoms. The van der Waals surface area contributed by atoms with Gasteiger partial charge in [-0.25, -0.2) is 4.39 Å². The van der Waals surface area contributed by atoms with Gasteiger partial charge >= 0.3 is 0 Å². The largest absolute Gasteiger partial charge is 0.486 e. The van der Waals surface area contributed by atoms with Crippen molar-refractivity contribution >= 4 is 5.91 Å². The lowest BCUT2D eigenvalue weighted by Gasteiger charge is -2.26. The lowest BCUT2D eigenvalue weighted by Crippen LogP contribution is -2.35. The molecule has 2 rings (SSSR count). The Hall–Kier alpha value is -2.34. The molecular weight excluding hydrogens is 325 g/mol. The minimum Gasteiger partial charge on any atom is -0.486 e. The standard InChI is InChI=1S/C19H24FNO4/c1-13(22)10-19(2,3)12-21-18(23)17-9-8-16(25-17)11-24-15-6-4-14(20)5-7-15/h4-9,13,22H,10-12H2,1-3H3,(H,21,23). The van der Waals surface area contributed by atoms with Crippen LogP contribution in [0.1, 0.15) is 43.5 Å². The van der Waals surface area contributed by atoms with Crippen LogP contribution in [-0.4, -0.2) is 23.7 Å². The van der Waals surface area contributed by atoms with E-state index < -0.39 is 6.10 Å². The topological polar surface area (TPSA) is 71.7 Å². The number of hydrogen-bond donors (Lipinski definition) is 2. The molecule has 2 N–H and O–H groups in total. The van der Waals surface area contributed by atoms with Crippen molar-refractivity contribution in [3.63, 3.8) is 0 Å². The Morgan fingerprint density at radius 1 is 1.28 bits per heavy atom. The number of aliphatic hydroxyl groups is 1. The number of furan rings is 1. The number of aliphatic hydroxyl groups excluding tert-OH is 1. The molecule has 0 aliphatic carbocycles. The second kappa shape index (κ2) is 8.16. The van der Waals surface area contributed by atoms with Crippen molar-refractivity contribution < 1.29 is 23.4 Å². The number of ether oxygens (including phenoxy) is 1. The molecule has 1 heterocycles. The molecule has 1 amide bonds. The molecule has 1 aromatic carbocycles. The second-order valence-electron chi connectivity index (χ2n) is 6.91. The Morgan fingerprint density at radius 2 is 1.96 bits per heavy atom. The first kappa shape index (κ1) is 19.0. The highest BCUT2D eigenvalue weighted by Gasteiger charge is 2.22. The highest BCUT2D eigenvalue weighted by atomic mass is 19.1. The van der Waals surface area contributed by atoms with Crippen molar-refractivity contribution in [1.29, 1.82) is 0 Å². The van der Waals surface area contributed by atoms with E-state index in [1.807, 2.05) is 13.8 Å². The smallest absolute Gasteiger partial charge is 0.287 e. The van der Waals surface area contributed by atoms with Gasteiger partial charge in [0.1, 0.15) is 23.9 Å². The third-order valence-electron chi connectivity index (χ3n) is 3.66. The third kappa shape index (κ3) is 6.23. The lowest BCUT2D eigenvalue weighted by molar-refractivity contribution is 0.0872. The number of amides is 1. The van der Waals surface area contributed by atoms with Gasteiger partial charge < -0.3 is 19.6 Å². The number of rotatable bonds is 8. The van der Waals surface area contributed by atoms with Gasteiger partial charge in [0.2, 0.25) is 0 Å². The molecule has 25 heavy (non-hydrogen) atoms. The maximum absolute atomic E-state index is 12.8. The van der Waals surface area contributed by atoms with Gasteiger partial charge in [0.15, 0.2) is 5.76 Å². The van der Waals surface area contributed by atoms with E-state index in [1.54, 1.807) is 19.1 Å². The number of carbonyl (C=O) groups is 1. The summed E-state index contributed by atoms with van der Waals surface area (Å²) >= 11 is 0. The van der Waals surface area contributed by atoms with Gasteiger partial charge in [-0.15, -0.1) is 0 Å². The average Bonchev–Trinajstić information content (AvgIpc) is 3.00. The third-order valence-corrected chi connectivity index (χ3v) is 3.66. The molecule has 136 valence electrons. The van der Waals surface area contributed by atoms with E-state index in [0.29, 0.717) is 24.5 Å². The number of hydrogen-bond acceptors (Lipinski definition) is 4. The summed E-state index contributed by atoms with van der Waals surface area (Å²) in [6.45, 7) is 6.25. The summed E-state index contributed by atoms with van der Waals surface area (Å²) in [5.74, 6) is 0.571. The molecule has 2 aromatic rings. The van der Waals surface area contributed by atoms with Gasteiger partial charge in [0.25, 0.3) is 5.91 Å². The fourth-order valence-electron chi connectivity index (χ4n) is 2.54. The van der Waals surface area contributed by atoms with Crippen LogP contribution in [-0.2, 0) is 6.61 Å². The van der Waals surface area contributed by atoms with Gasteiger partial charge in [-0.1, -0.05) is 13.8 Å². The van der Waals surface area contributed by atoms with Crippen LogP contribution in [0.25, 0.3) is 0 Å². The molecule has 0 aliphatic rings. The van der Waals surface area contributed by atoms with Crippen molar-refractivity contribution in [3.05, 3.63) is 53.7 Å². The summed E-state index contributed by atoms with van der Waals surface area (Å²) in [6, 6.07) is 8.92. The van der Waals surface area contributed by atoms with Gasteiger partial charge in [-0.2, -0.15) is 0 Å². The molecule has 1 atom stereocenters. The predicted molar refractivity (Wildman–Crippen MR) is 91.9 cm³/mol. The fraction of sp³-hybridized carbons (Fsp3) is 0.421.